The summed E-state index contributed by atoms with van der Waals surface area (Å²) in [5.41, 5.74) is 2.82. The Labute approximate surface area is 152 Å². The summed E-state index contributed by atoms with van der Waals surface area (Å²) < 4.78 is 0. The van der Waals surface area contributed by atoms with Gasteiger partial charge in [-0.1, -0.05) is 12.1 Å². The quantitative estimate of drug-likeness (QED) is 0.857. The summed E-state index contributed by atoms with van der Waals surface area (Å²) >= 11 is 0. The number of aromatic nitrogens is 1. The van der Waals surface area contributed by atoms with E-state index in [-0.39, 0.29) is 23.6 Å². The van der Waals surface area contributed by atoms with Crippen LogP contribution in [0.5, 0.6) is 0 Å². The van der Waals surface area contributed by atoms with Gasteiger partial charge in [-0.2, -0.15) is 0 Å². The van der Waals surface area contributed by atoms with E-state index in [0.29, 0.717) is 24.2 Å². The zero-order valence-corrected chi connectivity index (χ0v) is 14.9. The first-order valence-electron chi connectivity index (χ1n) is 8.58. The second-order valence-corrected chi connectivity index (χ2v) is 6.50. The van der Waals surface area contributed by atoms with E-state index in [1.807, 2.05) is 12.1 Å². The zero-order chi connectivity index (χ0) is 18.7. The highest BCUT2D eigenvalue weighted by Crippen LogP contribution is 2.20. The fourth-order valence-corrected chi connectivity index (χ4v) is 3.09. The summed E-state index contributed by atoms with van der Waals surface area (Å²) in [4.78, 5) is 41.1. The second-order valence-electron chi connectivity index (χ2n) is 6.50. The molecule has 1 N–H and O–H groups in total. The van der Waals surface area contributed by atoms with Crippen molar-refractivity contribution in [2.75, 3.05) is 13.1 Å². The Bertz CT molecular complexity index is 828. The fourth-order valence-electron chi connectivity index (χ4n) is 3.09. The maximum Gasteiger partial charge on any atom is 0.253 e. The Morgan fingerprint density at radius 1 is 1.04 bits per heavy atom. The average Bonchev–Trinajstić information content (AvgIpc) is 3.09. The van der Waals surface area contributed by atoms with Gasteiger partial charge < -0.3 is 10.2 Å². The lowest BCUT2D eigenvalue weighted by Gasteiger charge is -2.17. The lowest BCUT2D eigenvalue weighted by molar-refractivity contribution is -0.119. The van der Waals surface area contributed by atoms with Gasteiger partial charge >= 0.3 is 0 Å². The number of hydrogen-bond donors (Lipinski definition) is 1. The second kappa shape index (κ2) is 7.47. The molecule has 1 aromatic heterocycles. The van der Waals surface area contributed by atoms with Gasteiger partial charge in [-0.25, -0.2) is 0 Å². The number of nitrogens with one attached hydrogen (secondary N) is 1. The number of ketones is 1. The molecule has 1 aromatic carbocycles. The summed E-state index contributed by atoms with van der Waals surface area (Å²) in [6.45, 7) is 4.17. The Morgan fingerprint density at radius 2 is 1.73 bits per heavy atom. The number of rotatable bonds is 4. The molecule has 0 aliphatic carbocycles. The highest BCUT2D eigenvalue weighted by molar-refractivity contribution is 5.95. The zero-order valence-electron chi connectivity index (χ0n) is 14.9. The van der Waals surface area contributed by atoms with Crippen LogP contribution in [0.25, 0.3) is 11.3 Å². The summed E-state index contributed by atoms with van der Waals surface area (Å²) in [5.74, 6) is -0.130. The maximum absolute atomic E-state index is 12.6. The Balaban J connectivity index is 1.68. The third-order valence-corrected chi connectivity index (χ3v) is 4.48. The van der Waals surface area contributed by atoms with Crippen molar-refractivity contribution in [3.63, 3.8) is 0 Å². The van der Waals surface area contributed by atoms with Crippen molar-refractivity contribution in [1.82, 2.24) is 15.2 Å². The van der Waals surface area contributed by atoms with E-state index in [0.717, 1.165) is 17.7 Å². The molecule has 2 aromatic rings. The van der Waals surface area contributed by atoms with Gasteiger partial charge in [0.1, 0.15) is 0 Å². The number of pyridine rings is 1. The van der Waals surface area contributed by atoms with Gasteiger partial charge in [0.2, 0.25) is 5.91 Å². The molecule has 134 valence electrons. The molecule has 6 heteroatoms. The molecule has 2 heterocycles. The molecule has 6 nitrogen and oxygen atoms in total. The fraction of sp³-hybridized carbons (Fsp3) is 0.300. The van der Waals surface area contributed by atoms with E-state index in [1.54, 1.807) is 35.4 Å². The molecule has 2 amide bonds. The molecule has 1 fully saturated rings. The number of carbonyl (C=O) groups excluding carboxylic acids is 3. The molecule has 0 radical (unpaired) electrons. The lowest BCUT2D eigenvalue weighted by atomic mass is 10.1. The van der Waals surface area contributed by atoms with Crippen molar-refractivity contribution in [1.29, 1.82) is 0 Å². The van der Waals surface area contributed by atoms with Crippen LogP contribution in [-0.4, -0.2) is 46.6 Å². The summed E-state index contributed by atoms with van der Waals surface area (Å²) in [6.07, 6.45) is 2.33. The SMILES string of the molecule is CC(=O)N[C@@H]1CCN(C(=O)c2ccc(-c3ccc(C(C)=O)cn3)cc2)C1. The first kappa shape index (κ1) is 17.8. The summed E-state index contributed by atoms with van der Waals surface area (Å²) in [7, 11) is 0. The molecular formula is C20H21N3O3. The molecule has 1 aliphatic rings. The summed E-state index contributed by atoms with van der Waals surface area (Å²) in [6, 6.07) is 10.8. The number of carbonyl (C=O) groups is 3. The van der Waals surface area contributed by atoms with Gasteiger partial charge in [0.25, 0.3) is 5.91 Å². The van der Waals surface area contributed by atoms with Crippen LogP contribution in [0.4, 0.5) is 0 Å². The maximum atomic E-state index is 12.6. The number of amides is 2. The topological polar surface area (TPSA) is 79.4 Å². The molecule has 0 unspecified atom stereocenters. The number of likely N-dealkylation sites (tertiary alicyclic amines) is 1. The van der Waals surface area contributed by atoms with Gasteiger partial charge in [0.15, 0.2) is 5.78 Å². The van der Waals surface area contributed by atoms with Crippen LogP contribution >= 0.6 is 0 Å². The van der Waals surface area contributed by atoms with Gasteiger partial charge in [0, 0.05) is 48.9 Å². The lowest BCUT2D eigenvalue weighted by Crippen LogP contribution is -2.37. The largest absolute Gasteiger partial charge is 0.352 e. The van der Waals surface area contributed by atoms with Crippen LogP contribution < -0.4 is 5.32 Å². The van der Waals surface area contributed by atoms with E-state index in [1.165, 1.54) is 13.8 Å². The van der Waals surface area contributed by atoms with Gasteiger partial charge in [-0.05, 0) is 37.6 Å². The molecule has 1 atom stereocenters. The Morgan fingerprint density at radius 3 is 2.31 bits per heavy atom. The van der Waals surface area contributed by atoms with Crippen molar-refractivity contribution in [3.8, 4) is 11.3 Å². The summed E-state index contributed by atoms with van der Waals surface area (Å²) in [5, 5.41) is 2.86. The molecule has 0 spiro atoms. The number of benzene rings is 1. The normalized spacial score (nSPS) is 16.4. The van der Waals surface area contributed by atoms with E-state index in [9.17, 15) is 14.4 Å². The average molecular weight is 351 g/mol. The van der Waals surface area contributed by atoms with Crippen LogP contribution in [-0.2, 0) is 4.79 Å². The molecule has 3 rings (SSSR count). The van der Waals surface area contributed by atoms with E-state index < -0.39 is 0 Å². The van der Waals surface area contributed by atoms with Crippen molar-refractivity contribution in [2.45, 2.75) is 26.3 Å². The highest BCUT2D eigenvalue weighted by Gasteiger charge is 2.27. The minimum absolute atomic E-state index is 0.0202. The number of nitrogens with zero attached hydrogens (tertiary/aromatic N) is 2. The molecular weight excluding hydrogens is 330 g/mol. The van der Waals surface area contributed by atoms with Crippen LogP contribution in [0.2, 0.25) is 0 Å². The predicted octanol–water partition coefficient (Wildman–Crippen LogP) is 2.30. The van der Waals surface area contributed by atoms with Crippen LogP contribution in [0.1, 0.15) is 41.0 Å². The minimum Gasteiger partial charge on any atom is -0.352 e. The van der Waals surface area contributed by atoms with Crippen molar-refractivity contribution in [2.24, 2.45) is 0 Å². The highest BCUT2D eigenvalue weighted by atomic mass is 16.2. The van der Waals surface area contributed by atoms with Gasteiger partial charge in [0.05, 0.1) is 5.69 Å². The number of Topliss-reactive ketones (excluding diaryl/α,β-unsaturated/α-hetero) is 1. The molecule has 1 aliphatic heterocycles. The molecule has 0 bridgehead atoms. The third kappa shape index (κ3) is 3.96. The minimum atomic E-state index is -0.0723. The van der Waals surface area contributed by atoms with Crippen LogP contribution in [0, 0.1) is 0 Å². The predicted molar refractivity (Wildman–Crippen MR) is 97.8 cm³/mol. The van der Waals surface area contributed by atoms with E-state index >= 15 is 0 Å². The van der Waals surface area contributed by atoms with E-state index in [4.69, 9.17) is 0 Å². The van der Waals surface area contributed by atoms with Gasteiger partial charge in [-0.3, -0.25) is 19.4 Å². The van der Waals surface area contributed by atoms with Gasteiger partial charge in [-0.15, -0.1) is 0 Å². The Kier molecular flexibility index (Phi) is 5.11. The first-order chi connectivity index (χ1) is 12.4. The monoisotopic (exact) mass is 351 g/mol. The first-order valence-corrected chi connectivity index (χ1v) is 8.58. The molecule has 1 saturated heterocycles. The standard InChI is InChI=1S/C20H21N3O3/c1-13(24)17-7-8-19(21-11-17)15-3-5-16(6-4-15)20(26)23-10-9-18(12-23)22-14(2)25/h3-8,11,18H,9-10,12H2,1-2H3,(H,22,25)/t18-/m1/s1. The number of hydrogen-bond acceptors (Lipinski definition) is 4. The van der Waals surface area contributed by atoms with Crippen molar-refractivity contribution in [3.05, 3.63) is 53.7 Å². The third-order valence-electron chi connectivity index (χ3n) is 4.48. The van der Waals surface area contributed by atoms with Crippen molar-refractivity contribution >= 4 is 17.6 Å². The van der Waals surface area contributed by atoms with E-state index in [2.05, 4.69) is 10.3 Å². The molecule has 0 saturated carbocycles. The smallest absolute Gasteiger partial charge is 0.253 e. The van der Waals surface area contributed by atoms with Crippen molar-refractivity contribution < 1.29 is 14.4 Å². The Hall–Kier alpha value is -3.02. The van der Waals surface area contributed by atoms with Crippen LogP contribution in [0.3, 0.4) is 0 Å². The molecule has 26 heavy (non-hydrogen) atoms. The van der Waals surface area contributed by atoms with Crippen LogP contribution in [0.15, 0.2) is 42.6 Å².